The average molecular weight is 810 g/mol. The standard InChI is InChI=1S/C20H18ClN5O3S.C19H16ClN5O/c1-30(27,28)29-10-7-13-4-5-18(16(21)11-13)26-20-23-9-6-17(25-20)15-12-24-19-14(15)3-2-8-22-19;20-15-10-12(6-9-26)3-4-17(15)25-19-22-8-5-16(24-19)14-11-23-18-13(14)2-1-7-21-18/h2-6,8-9,11-12H,7,10H2,1H3,(H,22,24)(H,23,25,26);1-5,7-8,10-11,26H,6,9H2,(H,21,23)(H,22,24,25). The van der Waals surface area contributed by atoms with Crippen molar-refractivity contribution in [3.05, 3.63) is 131 Å². The van der Waals surface area contributed by atoms with Crippen LogP contribution in [0.5, 0.6) is 0 Å². The molecule has 6 aromatic heterocycles. The van der Waals surface area contributed by atoms with Gasteiger partial charge in [-0.25, -0.2) is 29.9 Å². The highest BCUT2D eigenvalue weighted by Crippen LogP contribution is 2.31. The molecule has 56 heavy (non-hydrogen) atoms. The lowest BCUT2D eigenvalue weighted by atomic mass is 10.1. The van der Waals surface area contributed by atoms with Crippen molar-refractivity contribution in [2.24, 2.45) is 0 Å². The lowest BCUT2D eigenvalue weighted by molar-refractivity contribution is 0.299. The Morgan fingerprint density at radius 1 is 0.679 bits per heavy atom. The van der Waals surface area contributed by atoms with Gasteiger partial charge in [-0.1, -0.05) is 35.3 Å². The highest BCUT2D eigenvalue weighted by molar-refractivity contribution is 7.85. The van der Waals surface area contributed by atoms with E-state index < -0.39 is 10.1 Å². The van der Waals surface area contributed by atoms with Crippen molar-refractivity contribution >= 4 is 78.7 Å². The third-order valence-electron chi connectivity index (χ3n) is 8.41. The zero-order valence-corrected chi connectivity index (χ0v) is 32.1. The predicted octanol–water partition coefficient (Wildman–Crippen LogP) is 7.89. The van der Waals surface area contributed by atoms with Crippen molar-refractivity contribution in [1.29, 1.82) is 0 Å². The molecular formula is C39H34Cl2N10O4S. The van der Waals surface area contributed by atoms with Crippen LogP contribution in [0.2, 0.25) is 10.0 Å². The molecule has 0 aliphatic heterocycles. The molecule has 0 fully saturated rings. The summed E-state index contributed by atoms with van der Waals surface area (Å²) in [4.78, 5) is 32.6. The van der Waals surface area contributed by atoms with E-state index in [1.807, 2.05) is 73.1 Å². The Labute approximate surface area is 331 Å². The number of nitrogens with one attached hydrogen (secondary N) is 4. The maximum atomic E-state index is 11.1. The van der Waals surface area contributed by atoms with Crippen molar-refractivity contribution in [1.82, 2.24) is 39.9 Å². The second-order valence-corrected chi connectivity index (χ2v) is 14.8. The molecule has 8 aromatic rings. The minimum Gasteiger partial charge on any atom is -0.396 e. The molecule has 0 saturated heterocycles. The normalized spacial score (nSPS) is 11.4. The summed E-state index contributed by atoms with van der Waals surface area (Å²) >= 11 is 12.7. The first kappa shape index (κ1) is 38.3. The smallest absolute Gasteiger partial charge is 0.264 e. The van der Waals surface area contributed by atoms with Crippen molar-refractivity contribution in [3.8, 4) is 22.5 Å². The SMILES string of the molecule is CS(=O)(=O)OCCc1ccc(Nc2nccc(-c3c[nH]c4ncccc34)n2)c(Cl)c1.OCCc1ccc(Nc2nccc(-c3c[nH]c4ncccc34)n2)c(Cl)c1. The summed E-state index contributed by atoms with van der Waals surface area (Å²) < 4.78 is 26.9. The lowest BCUT2D eigenvalue weighted by Gasteiger charge is -2.10. The van der Waals surface area contributed by atoms with Gasteiger partial charge in [0.15, 0.2) is 0 Å². The maximum absolute atomic E-state index is 11.1. The number of aliphatic hydroxyl groups excluding tert-OH is 1. The van der Waals surface area contributed by atoms with Crippen LogP contribution in [-0.2, 0) is 27.1 Å². The van der Waals surface area contributed by atoms with E-state index in [-0.39, 0.29) is 13.2 Å². The highest BCUT2D eigenvalue weighted by Gasteiger charge is 2.12. The Balaban J connectivity index is 0.000000173. The van der Waals surface area contributed by atoms with Crippen LogP contribution < -0.4 is 10.6 Å². The van der Waals surface area contributed by atoms with Crippen molar-refractivity contribution in [2.75, 3.05) is 30.1 Å². The molecule has 0 spiro atoms. The molecule has 8 rings (SSSR count). The molecule has 17 heteroatoms. The largest absolute Gasteiger partial charge is 0.396 e. The van der Waals surface area contributed by atoms with Crippen LogP contribution in [0.25, 0.3) is 44.6 Å². The van der Waals surface area contributed by atoms with Crippen molar-refractivity contribution in [2.45, 2.75) is 12.8 Å². The average Bonchev–Trinajstić information content (AvgIpc) is 3.82. The first-order valence-electron chi connectivity index (χ1n) is 17.2. The predicted molar refractivity (Wildman–Crippen MR) is 219 cm³/mol. The minimum absolute atomic E-state index is 0.0621. The summed E-state index contributed by atoms with van der Waals surface area (Å²) in [7, 11) is -3.46. The Hall–Kier alpha value is -5.97. The number of aliphatic hydroxyl groups is 1. The zero-order valence-electron chi connectivity index (χ0n) is 29.7. The number of aromatic nitrogens is 8. The van der Waals surface area contributed by atoms with Gasteiger partial charge in [-0.15, -0.1) is 0 Å². The van der Waals surface area contributed by atoms with Gasteiger partial charge < -0.3 is 25.7 Å². The second-order valence-electron chi connectivity index (χ2n) is 12.4. The molecule has 0 saturated carbocycles. The molecule has 0 aliphatic rings. The number of hydrogen-bond acceptors (Lipinski definition) is 12. The second kappa shape index (κ2) is 17.2. The minimum atomic E-state index is -3.46. The number of benzene rings is 2. The van der Waals surface area contributed by atoms with Crippen LogP contribution in [0.3, 0.4) is 0 Å². The number of anilines is 4. The summed E-state index contributed by atoms with van der Waals surface area (Å²) in [6.45, 7) is 0.153. The third-order valence-corrected chi connectivity index (χ3v) is 9.63. The first-order valence-corrected chi connectivity index (χ1v) is 19.8. The molecule has 2 aromatic carbocycles. The third kappa shape index (κ3) is 9.45. The monoisotopic (exact) mass is 808 g/mol. The lowest BCUT2D eigenvalue weighted by Crippen LogP contribution is -2.06. The summed E-state index contributed by atoms with van der Waals surface area (Å²) in [6.07, 6.45) is 12.6. The van der Waals surface area contributed by atoms with Gasteiger partial charge >= 0.3 is 0 Å². The fourth-order valence-electron chi connectivity index (χ4n) is 5.79. The summed E-state index contributed by atoms with van der Waals surface area (Å²) in [5.41, 5.74) is 8.22. The summed E-state index contributed by atoms with van der Waals surface area (Å²) in [5, 5.41) is 18.3. The number of rotatable bonds is 12. The molecule has 14 nitrogen and oxygen atoms in total. The Morgan fingerprint density at radius 2 is 1.18 bits per heavy atom. The van der Waals surface area contributed by atoms with Crippen LogP contribution >= 0.6 is 23.2 Å². The van der Waals surface area contributed by atoms with E-state index in [1.54, 1.807) is 36.9 Å². The number of aromatic amines is 2. The summed E-state index contributed by atoms with van der Waals surface area (Å²) in [6, 6.07) is 22.4. The summed E-state index contributed by atoms with van der Waals surface area (Å²) in [5.74, 6) is 0.860. The number of nitrogens with zero attached hydrogens (tertiary/aromatic N) is 6. The number of fused-ring (bicyclic) bond motifs is 2. The van der Waals surface area contributed by atoms with Crippen LogP contribution in [0.4, 0.5) is 23.3 Å². The number of hydrogen-bond donors (Lipinski definition) is 5. The van der Waals surface area contributed by atoms with Gasteiger partial charge in [0.25, 0.3) is 10.1 Å². The van der Waals surface area contributed by atoms with Crippen LogP contribution in [0.1, 0.15) is 11.1 Å². The van der Waals surface area contributed by atoms with E-state index in [2.05, 4.69) is 50.5 Å². The number of halogens is 2. The fourth-order valence-corrected chi connectivity index (χ4v) is 6.67. The van der Waals surface area contributed by atoms with Crippen LogP contribution in [-0.4, -0.2) is 72.9 Å². The molecule has 284 valence electrons. The molecule has 0 unspecified atom stereocenters. The van der Waals surface area contributed by atoms with Crippen molar-refractivity contribution in [3.63, 3.8) is 0 Å². The van der Waals surface area contributed by atoms with E-state index in [0.29, 0.717) is 46.2 Å². The molecule has 0 amide bonds. The van der Waals surface area contributed by atoms with E-state index in [0.717, 1.165) is 62.0 Å². The van der Waals surface area contributed by atoms with Gasteiger partial charge in [-0.2, -0.15) is 8.42 Å². The molecule has 0 radical (unpaired) electrons. The van der Waals surface area contributed by atoms with Crippen LogP contribution in [0.15, 0.2) is 110 Å². The molecule has 0 bridgehead atoms. The van der Waals surface area contributed by atoms with E-state index in [9.17, 15) is 8.42 Å². The molecule has 0 atom stereocenters. The highest BCUT2D eigenvalue weighted by atomic mass is 35.5. The first-order chi connectivity index (χ1) is 27.1. The van der Waals surface area contributed by atoms with Gasteiger partial charge in [-0.05, 0) is 84.6 Å². The van der Waals surface area contributed by atoms with Crippen molar-refractivity contribution < 1.29 is 17.7 Å². The molecule has 5 N–H and O–H groups in total. The molecule has 6 heterocycles. The fraction of sp³-hybridized carbons (Fsp3) is 0.128. The Morgan fingerprint density at radius 3 is 1.64 bits per heavy atom. The van der Waals surface area contributed by atoms with E-state index in [4.69, 9.17) is 32.5 Å². The quantitative estimate of drug-likeness (QED) is 0.0750. The van der Waals surface area contributed by atoms with Gasteiger partial charge in [0.2, 0.25) is 11.9 Å². The van der Waals surface area contributed by atoms with Gasteiger partial charge in [0.05, 0.1) is 45.7 Å². The van der Waals surface area contributed by atoms with Gasteiger partial charge in [0.1, 0.15) is 11.3 Å². The number of H-pyrrole nitrogens is 2. The zero-order chi connectivity index (χ0) is 39.1. The van der Waals surface area contributed by atoms with E-state index >= 15 is 0 Å². The van der Waals surface area contributed by atoms with Gasteiger partial charge in [0, 0.05) is 65.7 Å². The van der Waals surface area contributed by atoms with E-state index in [1.165, 1.54) is 0 Å². The Kier molecular flexibility index (Phi) is 11.8. The molecular weight excluding hydrogens is 775 g/mol. The van der Waals surface area contributed by atoms with Crippen LogP contribution in [0, 0.1) is 0 Å². The maximum Gasteiger partial charge on any atom is 0.264 e. The number of pyridine rings is 2. The topological polar surface area (TPSA) is 197 Å². The van der Waals surface area contributed by atoms with Gasteiger partial charge in [-0.3, -0.25) is 4.18 Å². The molecule has 0 aliphatic carbocycles. The Bertz CT molecular complexity index is 2740.